The van der Waals surface area contributed by atoms with Crippen molar-refractivity contribution < 1.29 is 4.79 Å². The predicted molar refractivity (Wildman–Crippen MR) is 65.1 cm³/mol. The van der Waals surface area contributed by atoms with Crippen molar-refractivity contribution in [1.29, 1.82) is 0 Å². The fourth-order valence-electron chi connectivity index (χ4n) is 2.57. The summed E-state index contributed by atoms with van der Waals surface area (Å²) in [7, 11) is 0. The summed E-state index contributed by atoms with van der Waals surface area (Å²) in [6.45, 7) is 6.82. The van der Waals surface area contributed by atoms with Gasteiger partial charge in [-0.05, 0) is 18.4 Å². The average molecular weight is 217 g/mol. The van der Waals surface area contributed by atoms with Gasteiger partial charge in [-0.15, -0.1) is 0 Å². The van der Waals surface area contributed by atoms with Crippen LogP contribution in [0.15, 0.2) is 30.3 Å². The lowest BCUT2D eigenvalue weighted by atomic mass is 9.95. The topological polar surface area (TPSA) is 20.3 Å². The number of Topliss-reactive ketones (excluding diaryl/α,β-unsaturated/α-hetero) is 1. The second-order valence-corrected chi connectivity index (χ2v) is 4.87. The summed E-state index contributed by atoms with van der Waals surface area (Å²) >= 11 is 0. The summed E-state index contributed by atoms with van der Waals surface area (Å²) in [5.74, 6) is 1.08. The summed E-state index contributed by atoms with van der Waals surface area (Å²) in [5.41, 5.74) is 1.33. The molecule has 1 fully saturated rings. The third-order valence-corrected chi connectivity index (χ3v) is 3.46. The number of hydrogen-bond acceptors (Lipinski definition) is 2. The Morgan fingerprint density at radius 2 is 2.00 bits per heavy atom. The van der Waals surface area contributed by atoms with E-state index in [-0.39, 0.29) is 5.92 Å². The second-order valence-electron chi connectivity index (χ2n) is 4.87. The van der Waals surface area contributed by atoms with E-state index < -0.39 is 0 Å². The van der Waals surface area contributed by atoms with Crippen molar-refractivity contribution in [2.45, 2.75) is 20.4 Å². The molecular weight excluding hydrogens is 198 g/mol. The van der Waals surface area contributed by atoms with Crippen LogP contribution >= 0.6 is 0 Å². The Kier molecular flexibility index (Phi) is 3.39. The molecule has 0 amide bonds. The number of benzene rings is 1. The van der Waals surface area contributed by atoms with Gasteiger partial charge in [0.25, 0.3) is 0 Å². The third kappa shape index (κ3) is 2.50. The molecule has 86 valence electrons. The molecule has 1 aromatic carbocycles. The predicted octanol–water partition coefficient (Wildman–Crippen LogP) is 2.34. The highest BCUT2D eigenvalue weighted by atomic mass is 16.1. The highest BCUT2D eigenvalue weighted by Crippen LogP contribution is 2.24. The molecule has 0 N–H and O–H groups in total. The van der Waals surface area contributed by atoms with Gasteiger partial charge in [-0.1, -0.05) is 37.3 Å². The maximum absolute atomic E-state index is 11.4. The van der Waals surface area contributed by atoms with Crippen molar-refractivity contribution in [2.24, 2.45) is 11.8 Å². The lowest BCUT2D eigenvalue weighted by Crippen LogP contribution is -2.22. The van der Waals surface area contributed by atoms with Crippen molar-refractivity contribution in [3.8, 4) is 0 Å². The first-order valence-corrected chi connectivity index (χ1v) is 5.93. The molecule has 0 spiro atoms. The number of hydrogen-bond donors (Lipinski definition) is 0. The number of ketones is 1. The zero-order valence-corrected chi connectivity index (χ0v) is 10.0. The quantitative estimate of drug-likeness (QED) is 0.774. The first-order valence-electron chi connectivity index (χ1n) is 5.93. The molecule has 2 heteroatoms. The highest BCUT2D eigenvalue weighted by Gasteiger charge is 2.32. The van der Waals surface area contributed by atoms with E-state index in [0.717, 1.165) is 19.6 Å². The largest absolute Gasteiger partial charge is 0.300 e. The molecule has 0 aromatic heterocycles. The minimum Gasteiger partial charge on any atom is -0.300 e. The van der Waals surface area contributed by atoms with Crippen LogP contribution in [-0.2, 0) is 11.3 Å². The summed E-state index contributed by atoms with van der Waals surface area (Å²) in [5, 5.41) is 0. The van der Waals surface area contributed by atoms with Gasteiger partial charge in [0, 0.05) is 25.6 Å². The van der Waals surface area contributed by atoms with Gasteiger partial charge in [-0.25, -0.2) is 0 Å². The number of nitrogens with zero attached hydrogens (tertiary/aromatic N) is 1. The number of rotatable bonds is 3. The number of carbonyl (C=O) groups excluding carboxylic acids is 1. The monoisotopic (exact) mass is 217 g/mol. The molecule has 1 aliphatic heterocycles. The highest BCUT2D eigenvalue weighted by molar-refractivity contribution is 5.79. The van der Waals surface area contributed by atoms with E-state index in [9.17, 15) is 4.79 Å². The Hall–Kier alpha value is -1.15. The van der Waals surface area contributed by atoms with Crippen LogP contribution < -0.4 is 0 Å². The maximum Gasteiger partial charge on any atom is 0.134 e. The van der Waals surface area contributed by atoms with E-state index in [1.54, 1.807) is 6.92 Å². The normalized spacial score (nSPS) is 25.9. The van der Waals surface area contributed by atoms with Gasteiger partial charge in [0.2, 0.25) is 0 Å². The summed E-state index contributed by atoms with van der Waals surface area (Å²) in [6, 6.07) is 10.5. The van der Waals surface area contributed by atoms with Crippen LogP contribution in [0.3, 0.4) is 0 Å². The van der Waals surface area contributed by atoms with Crippen LogP contribution in [0.1, 0.15) is 19.4 Å². The molecular formula is C14H19NO. The molecule has 0 radical (unpaired) electrons. The van der Waals surface area contributed by atoms with Crippen molar-refractivity contribution in [2.75, 3.05) is 13.1 Å². The van der Waals surface area contributed by atoms with E-state index in [0.29, 0.717) is 11.7 Å². The Morgan fingerprint density at radius 1 is 1.31 bits per heavy atom. The Labute approximate surface area is 97.3 Å². The second kappa shape index (κ2) is 4.79. The van der Waals surface area contributed by atoms with Crippen molar-refractivity contribution in [1.82, 2.24) is 4.90 Å². The van der Waals surface area contributed by atoms with Crippen LogP contribution in [0.2, 0.25) is 0 Å². The van der Waals surface area contributed by atoms with Gasteiger partial charge in [0.1, 0.15) is 5.78 Å². The van der Waals surface area contributed by atoms with E-state index in [1.165, 1.54) is 5.56 Å². The smallest absolute Gasteiger partial charge is 0.134 e. The molecule has 16 heavy (non-hydrogen) atoms. The van der Waals surface area contributed by atoms with Crippen LogP contribution in [0.5, 0.6) is 0 Å². The van der Waals surface area contributed by atoms with Gasteiger partial charge in [0.15, 0.2) is 0 Å². The lowest BCUT2D eigenvalue weighted by Gasteiger charge is -2.15. The molecule has 1 aliphatic rings. The Morgan fingerprint density at radius 3 is 2.56 bits per heavy atom. The summed E-state index contributed by atoms with van der Waals surface area (Å²) in [4.78, 5) is 13.8. The molecule has 0 saturated carbocycles. The molecule has 2 atom stereocenters. The zero-order valence-electron chi connectivity index (χ0n) is 10.0. The van der Waals surface area contributed by atoms with Crippen molar-refractivity contribution >= 4 is 5.78 Å². The summed E-state index contributed by atoms with van der Waals surface area (Å²) in [6.07, 6.45) is 0. The van der Waals surface area contributed by atoms with Crippen molar-refractivity contribution in [3.05, 3.63) is 35.9 Å². The first kappa shape index (κ1) is 11.3. The Bertz CT molecular complexity index is 360. The molecule has 2 nitrogen and oxygen atoms in total. The van der Waals surface area contributed by atoms with E-state index in [2.05, 4.69) is 36.1 Å². The zero-order chi connectivity index (χ0) is 11.5. The lowest BCUT2D eigenvalue weighted by molar-refractivity contribution is -0.121. The SMILES string of the molecule is CC(=O)[C@@H]1CN(Cc2ccccc2)C[C@H]1C. The van der Waals surface area contributed by atoms with Crippen LogP contribution in [0.4, 0.5) is 0 Å². The third-order valence-electron chi connectivity index (χ3n) is 3.46. The molecule has 0 unspecified atom stereocenters. The van der Waals surface area contributed by atoms with Crippen LogP contribution in [-0.4, -0.2) is 23.8 Å². The fourth-order valence-corrected chi connectivity index (χ4v) is 2.57. The average Bonchev–Trinajstić information content (AvgIpc) is 2.61. The van der Waals surface area contributed by atoms with Crippen LogP contribution in [0, 0.1) is 11.8 Å². The van der Waals surface area contributed by atoms with Gasteiger partial charge >= 0.3 is 0 Å². The molecule has 0 bridgehead atoms. The minimum atomic E-state index is 0.240. The van der Waals surface area contributed by atoms with E-state index in [1.807, 2.05) is 6.07 Å². The van der Waals surface area contributed by atoms with Gasteiger partial charge in [0.05, 0.1) is 0 Å². The van der Waals surface area contributed by atoms with Crippen molar-refractivity contribution in [3.63, 3.8) is 0 Å². The standard InChI is InChI=1S/C14H19NO/c1-11-8-15(10-14(11)12(2)16)9-13-6-4-3-5-7-13/h3-7,11,14H,8-10H2,1-2H3/t11-,14-/m1/s1. The maximum atomic E-state index is 11.4. The fraction of sp³-hybridized carbons (Fsp3) is 0.500. The van der Waals surface area contributed by atoms with E-state index >= 15 is 0 Å². The van der Waals surface area contributed by atoms with Gasteiger partial charge in [-0.3, -0.25) is 9.69 Å². The molecule has 0 aliphatic carbocycles. The molecule has 1 heterocycles. The molecule has 1 saturated heterocycles. The minimum absolute atomic E-state index is 0.240. The number of likely N-dealkylation sites (tertiary alicyclic amines) is 1. The van der Waals surface area contributed by atoms with Gasteiger partial charge in [-0.2, -0.15) is 0 Å². The molecule has 2 rings (SSSR count). The Balaban J connectivity index is 1.96. The molecule has 1 aromatic rings. The summed E-state index contributed by atoms with van der Waals surface area (Å²) < 4.78 is 0. The van der Waals surface area contributed by atoms with Gasteiger partial charge < -0.3 is 0 Å². The number of carbonyl (C=O) groups is 1. The van der Waals surface area contributed by atoms with E-state index in [4.69, 9.17) is 0 Å². The first-order chi connectivity index (χ1) is 7.66. The van der Waals surface area contributed by atoms with Crippen LogP contribution in [0.25, 0.3) is 0 Å².